The third-order valence-electron chi connectivity index (χ3n) is 6.21. The molecule has 0 spiro atoms. The number of aryl methyl sites for hydroxylation is 3. The molecular weight excluding hydrogens is 447 g/mol. The minimum absolute atomic E-state index is 0.0592. The van der Waals surface area contributed by atoms with E-state index in [0.717, 1.165) is 33.7 Å². The van der Waals surface area contributed by atoms with Gasteiger partial charge in [-0.05, 0) is 44.0 Å². The highest BCUT2D eigenvalue weighted by molar-refractivity contribution is 6.00. The molecule has 3 aromatic rings. The summed E-state index contributed by atoms with van der Waals surface area (Å²) in [5, 5.41) is 3.32. The Morgan fingerprint density at radius 2 is 1.62 bits per heavy atom. The summed E-state index contributed by atoms with van der Waals surface area (Å²) in [4.78, 5) is 29.0. The summed E-state index contributed by atoms with van der Waals surface area (Å²) in [6, 6.07) is 8.86. The molecule has 9 heteroatoms. The standard InChI is InChI=1S/C25H26F3N3O3/c1-15-8-9-16(2)22-21(15)17(3)23(34-22)24(33)31-12-10-30(11-13-31)14-20(32)29-19-7-5-4-6-18(19)25(26,27)28/h4-9H,10-14H2,1-3H3,(H,29,32). The van der Waals surface area contributed by atoms with Gasteiger partial charge in [-0.25, -0.2) is 0 Å². The Morgan fingerprint density at radius 3 is 2.26 bits per heavy atom. The number of rotatable bonds is 4. The van der Waals surface area contributed by atoms with Gasteiger partial charge in [-0.3, -0.25) is 14.5 Å². The molecule has 2 aromatic carbocycles. The number of carbonyl (C=O) groups excluding carboxylic acids is 2. The number of halogens is 3. The van der Waals surface area contributed by atoms with Gasteiger partial charge in [0.15, 0.2) is 5.76 Å². The van der Waals surface area contributed by atoms with Gasteiger partial charge in [-0.1, -0.05) is 24.3 Å². The first-order valence-corrected chi connectivity index (χ1v) is 11.0. The third-order valence-corrected chi connectivity index (χ3v) is 6.21. The summed E-state index contributed by atoms with van der Waals surface area (Å²) < 4.78 is 45.4. The van der Waals surface area contributed by atoms with Crippen LogP contribution in [0.25, 0.3) is 11.0 Å². The van der Waals surface area contributed by atoms with Crippen molar-refractivity contribution in [2.24, 2.45) is 0 Å². The molecule has 0 unspecified atom stereocenters. The molecule has 0 radical (unpaired) electrons. The number of para-hydroxylation sites is 1. The van der Waals surface area contributed by atoms with Gasteiger partial charge in [0.05, 0.1) is 17.8 Å². The topological polar surface area (TPSA) is 65.8 Å². The zero-order chi connectivity index (χ0) is 24.6. The fourth-order valence-electron chi connectivity index (χ4n) is 4.36. The van der Waals surface area contributed by atoms with Crippen molar-refractivity contribution in [3.05, 3.63) is 64.4 Å². The Bertz CT molecular complexity index is 1240. The summed E-state index contributed by atoms with van der Waals surface area (Å²) in [5.74, 6) is -0.409. The van der Waals surface area contributed by atoms with E-state index < -0.39 is 17.6 Å². The first-order valence-electron chi connectivity index (χ1n) is 11.0. The Labute approximate surface area is 195 Å². The van der Waals surface area contributed by atoms with Crippen LogP contribution in [0.1, 0.15) is 32.8 Å². The molecule has 4 rings (SSSR count). The average molecular weight is 473 g/mol. The minimum Gasteiger partial charge on any atom is -0.450 e. The van der Waals surface area contributed by atoms with Gasteiger partial charge in [-0.15, -0.1) is 0 Å². The van der Waals surface area contributed by atoms with Gasteiger partial charge in [0, 0.05) is 37.1 Å². The minimum atomic E-state index is -4.55. The summed E-state index contributed by atoms with van der Waals surface area (Å²) >= 11 is 0. The molecule has 6 nitrogen and oxygen atoms in total. The van der Waals surface area contributed by atoms with Gasteiger partial charge in [0.2, 0.25) is 5.91 Å². The van der Waals surface area contributed by atoms with E-state index in [4.69, 9.17) is 4.42 Å². The highest BCUT2D eigenvalue weighted by atomic mass is 19.4. The molecule has 34 heavy (non-hydrogen) atoms. The molecule has 1 saturated heterocycles. The first kappa shape index (κ1) is 23.8. The highest BCUT2D eigenvalue weighted by Crippen LogP contribution is 2.34. The van der Waals surface area contributed by atoms with E-state index in [1.165, 1.54) is 18.2 Å². The van der Waals surface area contributed by atoms with Crippen LogP contribution in [0.3, 0.4) is 0 Å². The molecular formula is C25H26F3N3O3. The van der Waals surface area contributed by atoms with E-state index in [-0.39, 0.29) is 18.1 Å². The predicted molar refractivity (Wildman–Crippen MR) is 123 cm³/mol. The SMILES string of the molecule is Cc1ccc(C)c2c(C)c(C(=O)N3CCN(CC(=O)Nc4ccccc4C(F)(F)F)CC3)oc12. The van der Waals surface area contributed by atoms with Crippen molar-refractivity contribution in [1.29, 1.82) is 0 Å². The number of amides is 2. The van der Waals surface area contributed by atoms with Crippen LogP contribution in [0.15, 0.2) is 40.8 Å². The van der Waals surface area contributed by atoms with Gasteiger partial charge in [0.1, 0.15) is 5.58 Å². The van der Waals surface area contributed by atoms with Crippen LogP contribution in [0.5, 0.6) is 0 Å². The number of carbonyl (C=O) groups is 2. The van der Waals surface area contributed by atoms with Gasteiger partial charge in [-0.2, -0.15) is 13.2 Å². The maximum absolute atomic E-state index is 13.1. The number of anilines is 1. The van der Waals surface area contributed by atoms with Crippen molar-refractivity contribution in [3.8, 4) is 0 Å². The van der Waals surface area contributed by atoms with Crippen LogP contribution >= 0.6 is 0 Å². The smallest absolute Gasteiger partial charge is 0.418 e. The van der Waals surface area contributed by atoms with E-state index in [1.807, 2.05) is 37.8 Å². The summed E-state index contributed by atoms with van der Waals surface area (Å²) in [7, 11) is 0. The van der Waals surface area contributed by atoms with Gasteiger partial charge in [0.25, 0.3) is 5.91 Å². The van der Waals surface area contributed by atoms with Crippen LogP contribution in [0, 0.1) is 20.8 Å². The van der Waals surface area contributed by atoms with E-state index in [2.05, 4.69) is 5.32 Å². The lowest BCUT2D eigenvalue weighted by molar-refractivity contribution is -0.137. The second kappa shape index (κ2) is 9.13. The zero-order valence-electron chi connectivity index (χ0n) is 19.3. The largest absolute Gasteiger partial charge is 0.450 e. The molecule has 180 valence electrons. The molecule has 0 atom stereocenters. The lowest BCUT2D eigenvalue weighted by atomic mass is 10.0. The number of alkyl halides is 3. The Hall–Kier alpha value is -3.33. The second-order valence-corrected chi connectivity index (χ2v) is 8.62. The summed E-state index contributed by atoms with van der Waals surface area (Å²) in [5.41, 5.74) is 2.39. The van der Waals surface area contributed by atoms with Crippen molar-refractivity contribution < 1.29 is 27.2 Å². The Balaban J connectivity index is 1.38. The quantitative estimate of drug-likeness (QED) is 0.593. The molecule has 0 bridgehead atoms. The van der Waals surface area contributed by atoms with E-state index in [1.54, 1.807) is 4.90 Å². The zero-order valence-corrected chi connectivity index (χ0v) is 19.3. The van der Waals surface area contributed by atoms with Crippen molar-refractivity contribution in [2.75, 3.05) is 38.0 Å². The molecule has 1 N–H and O–H groups in total. The fourth-order valence-corrected chi connectivity index (χ4v) is 4.36. The van der Waals surface area contributed by atoms with Crippen molar-refractivity contribution in [1.82, 2.24) is 9.80 Å². The molecule has 2 heterocycles. The third kappa shape index (κ3) is 4.65. The lowest BCUT2D eigenvalue weighted by Crippen LogP contribution is -2.50. The Morgan fingerprint density at radius 1 is 0.971 bits per heavy atom. The van der Waals surface area contributed by atoms with Crippen LogP contribution < -0.4 is 5.32 Å². The number of nitrogens with one attached hydrogen (secondary N) is 1. The number of nitrogens with zero attached hydrogens (tertiary/aromatic N) is 2. The lowest BCUT2D eigenvalue weighted by Gasteiger charge is -2.34. The summed E-state index contributed by atoms with van der Waals surface area (Å²) in [6.07, 6.45) is -4.55. The number of hydrogen-bond acceptors (Lipinski definition) is 4. The number of furan rings is 1. The van der Waals surface area contributed by atoms with Gasteiger partial charge < -0.3 is 14.6 Å². The van der Waals surface area contributed by atoms with Crippen LogP contribution in [0.2, 0.25) is 0 Å². The van der Waals surface area contributed by atoms with E-state index in [0.29, 0.717) is 31.9 Å². The Kier molecular flexibility index (Phi) is 6.40. The predicted octanol–water partition coefficient (Wildman–Crippen LogP) is 4.77. The molecule has 0 aliphatic carbocycles. The van der Waals surface area contributed by atoms with Crippen molar-refractivity contribution in [3.63, 3.8) is 0 Å². The number of benzene rings is 2. The van der Waals surface area contributed by atoms with Crippen LogP contribution in [0.4, 0.5) is 18.9 Å². The number of hydrogen-bond donors (Lipinski definition) is 1. The number of fused-ring (bicyclic) bond motifs is 1. The fraction of sp³-hybridized carbons (Fsp3) is 0.360. The molecule has 0 saturated carbocycles. The molecule has 1 fully saturated rings. The average Bonchev–Trinajstić information content (AvgIpc) is 3.14. The molecule has 1 aliphatic heterocycles. The van der Waals surface area contributed by atoms with Crippen molar-refractivity contribution >= 4 is 28.5 Å². The monoisotopic (exact) mass is 473 g/mol. The molecule has 1 aliphatic rings. The van der Waals surface area contributed by atoms with Crippen LogP contribution in [-0.4, -0.2) is 54.3 Å². The molecule has 2 amide bonds. The second-order valence-electron chi connectivity index (χ2n) is 8.62. The summed E-state index contributed by atoms with van der Waals surface area (Å²) in [6.45, 7) is 7.38. The molecule has 1 aromatic heterocycles. The highest BCUT2D eigenvalue weighted by Gasteiger charge is 2.34. The van der Waals surface area contributed by atoms with E-state index in [9.17, 15) is 22.8 Å². The maximum Gasteiger partial charge on any atom is 0.418 e. The number of piperazine rings is 1. The first-order chi connectivity index (χ1) is 16.1. The van der Waals surface area contributed by atoms with Crippen molar-refractivity contribution in [2.45, 2.75) is 26.9 Å². The van der Waals surface area contributed by atoms with Crippen LogP contribution in [-0.2, 0) is 11.0 Å². The normalized spacial score (nSPS) is 15.1. The van der Waals surface area contributed by atoms with Gasteiger partial charge >= 0.3 is 6.18 Å². The van der Waals surface area contributed by atoms with E-state index >= 15 is 0 Å². The maximum atomic E-state index is 13.1.